The molecule has 0 spiro atoms. The predicted octanol–water partition coefficient (Wildman–Crippen LogP) is 3.47. The van der Waals surface area contributed by atoms with E-state index in [1.165, 1.54) is 17.4 Å². The van der Waals surface area contributed by atoms with E-state index in [4.69, 9.17) is 0 Å². The lowest BCUT2D eigenvalue weighted by Gasteiger charge is -2.35. The Morgan fingerprint density at radius 2 is 2.24 bits per heavy atom. The fourth-order valence-electron chi connectivity index (χ4n) is 3.31. The molecule has 1 aliphatic rings. The molecule has 1 unspecified atom stereocenters. The Bertz CT molecular complexity index is 631. The monoisotopic (exact) mass is 283 g/mol. The van der Waals surface area contributed by atoms with Crippen LogP contribution in [0.25, 0.3) is 10.9 Å². The molecule has 3 rings (SSSR count). The van der Waals surface area contributed by atoms with Crippen LogP contribution in [0.5, 0.6) is 0 Å². The second-order valence-electron chi connectivity index (χ2n) is 6.14. The number of aromatic nitrogens is 1. The van der Waals surface area contributed by atoms with Crippen molar-refractivity contribution in [3.05, 3.63) is 42.6 Å². The summed E-state index contributed by atoms with van der Waals surface area (Å²) >= 11 is 0. The topological polar surface area (TPSA) is 44.9 Å². The van der Waals surface area contributed by atoms with E-state index >= 15 is 0 Å². The molecule has 0 saturated heterocycles. The lowest BCUT2D eigenvalue weighted by atomic mass is 9.70. The van der Waals surface area contributed by atoms with Gasteiger partial charge in [0.05, 0.1) is 6.04 Å². The number of aromatic amines is 1. The van der Waals surface area contributed by atoms with Crippen molar-refractivity contribution in [3.8, 4) is 0 Å². The molecule has 3 heteroatoms. The molecule has 1 radical (unpaired) electrons. The largest absolute Gasteiger partial charge is 0.361 e. The van der Waals surface area contributed by atoms with Crippen molar-refractivity contribution >= 4 is 16.7 Å². The van der Waals surface area contributed by atoms with Crippen LogP contribution in [0.15, 0.2) is 30.5 Å². The van der Waals surface area contributed by atoms with Crippen molar-refractivity contribution in [2.24, 2.45) is 11.8 Å². The highest BCUT2D eigenvalue weighted by molar-refractivity contribution is 5.89. The molecule has 1 heterocycles. The number of carbonyl (C=O) groups excluding carboxylic acids is 1. The Balaban J connectivity index is 1.80. The average Bonchev–Trinajstić information content (AvgIpc) is 2.88. The second kappa shape index (κ2) is 6.02. The van der Waals surface area contributed by atoms with Crippen LogP contribution in [-0.4, -0.2) is 16.8 Å². The van der Waals surface area contributed by atoms with Crippen LogP contribution in [0, 0.1) is 18.4 Å². The van der Waals surface area contributed by atoms with Gasteiger partial charge in [-0.15, -0.1) is 0 Å². The summed E-state index contributed by atoms with van der Waals surface area (Å²) in [5, 5.41) is 4.48. The van der Waals surface area contributed by atoms with Gasteiger partial charge in [0.15, 0.2) is 5.78 Å². The number of Topliss-reactive ketones (excluding diaryl/α,β-unsaturated/α-hetero) is 1. The van der Waals surface area contributed by atoms with E-state index < -0.39 is 0 Å². The van der Waals surface area contributed by atoms with Crippen molar-refractivity contribution in [1.29, 1.82) is 0 Å². The van der Waals surface area contributed by atoms with Crippen LogP contribution < -0.4 is 5.32 Å². The maximum absolute atomic E-state index is 12.7. The van der Waals surface area contributed by atoms with Gasteiger partial charge in [0, 0.05) is 29.6 Å². The summed E-state index contributed by atoms with van der Waals surface area (Å²) in [6, 6.07) is 8.15. The lowest BCUT2D eigenvalue weighted by molar-refractivity contribution is -0.129. The normalized spacial score (nSPS) is 23.0. The van der Waals surface area contributed by atoms with Gasteiger partial charge in [0.25, 0.3) is 0 Å². The second-order valence-corrected chi connectivity index (χ2v) is 6.14. The van der Waals surface area contributed by atoms with E-state index in [9.17, 15) is 4.79 Å². The summed E-state index contributed by atoms with van der Waals surface area (Å²) in [6.45, 7) is 6.02. The number of benzene rings is 1. The van der Waals surface area contributed by atoms with Crippen LogP contribution >= 0.6 is 0 Å². The minimum absolute atomic E-state index is 0.109. The standard InChI is InChI=1S/C18H23N2O/c1-3-19-17(18(21)14-9-8-12(14)2)10-13-11-20-16-7-5-4-6-15(13)16/h3-7,11-12,14,17,19-20H,8-10H2,1-2H3/t12-,14?,17+/m1/s1. The van der Waals surface area contributed by atoms with E-state index in [0.29, 0.717) is 11.7 Å². The highest BCUT2D eigenvalue weighted by Crippen LogP contribution is 2.35. The first-order chi connectivity index (χ1) is 10.2. The smallest absolute Gasteiger partial charge is 0.153 e. The van der Waals surface area contributed by atoms with E-state index in [-0.39, 0.29) is 12.0 Å². The van der Waals surface area contributed by atoms with Gasteiger partial charge in [-0.25, -0.2) is 0 Å². The Hall–Kier alpha value is -1.61. The van der Waals surface area contributed by atoms with Gasteiger partial charge in [-0.2, -0.15) is 0 Å². The van der Waals surface area contributed by atoms with Crippen molar-refractivity contribution in [2.75, 3.05) is 0 Å². The van der Waals surface area contributed by atoms with Crippen LogP contribution in [0.4, 0.5) is 0 Å². The maximum Gasteiger partial charge on any atom is 0.153 e. The van der Waals surface area contributed by atoms with Crippen LogP contribution in [0.3, 0.4) is 0 Å². The van der Waals surface area contributed by atoms with E-state index in [0.717, 1.165) is 18.4 Å². The first kappa shape index (κ1) is 14.3. The molecule has 111 valence electrons. The van der Waals surface area contributed by atoms with E-state index in [1.54, 1.807) is 0 Å². The minimum atomic E-state index is -0.109. The number of rotatable bonds is 6. The molecule has 0 amide bonds. The molecule has 1 fully saturated rings. The summed E-state index contributed by atoms with van der Waals surface area (Å²) in [6.07, 6.45) is 5.02. The summed E-state index contributed by atoms with van der Waals surface area (Å²) in [4.78, 5) is 16.0. The molecule has 0 bridgehead atoms. The number of hydrogen-bond acceptors (Lipinski definition) is 2. The summed E-state index contributed by atoms with van der Waals surface area (Å²) in [5.41, 5.74) is 2.35. The number of hydrogen-bond donors (Lipinski definition) is 2. The van der Waals surface area contributed by atoms with Crippen LogP contribution in [0.2, 0.25) is 0 Å². The van der Waals surface area contributed by atoms with Gasteiger partial charge < -0.3 is 10.3 Å². The fourth-order valence-corrected chi connectivity index (χ4v) is 3.31. The minimum Gasteiger partial charge on any atom is -0.361 e. The molecule has 3 atom stereocenters. The molecule has 1 aliphatic carbocycles. The Morgan fingerprint density at radius 3 is 2.90 bits per heavy atom. The summed E-state index contributed by atoms with van der Waals surface area (Å²) in [7, 11) is 0. The third-order valence-electron chi connectivity index (χ3n) is 4.80. The quantitative estimate of drug-likeness (QED) is 0.852. The highest BCUT2D eigenvalue weighted by Gasteiger charge is 2.36. The van der Waals surface area contributed by atoms with Gasteiger partial charge >= 0.3 is 0 Å². The summed E-state index contributed by atoms with van der Waals surface area (Å²) in [5.74, 6) is 1.16. The molecular formula is C18H23N2O. The first-order valence-electron chi connectivity index (χ1n) is 7.83. The molecule has 21 heavy (non-hydrogen) atoms. The van der Waals surface area contributed by atoms with E-state index in [2.05, 4.69) is 29.4 Å². The van der Waals surface area contributed by atoms with Gasteiger partial charge in [0.1, 0.15) is 0 Å². The number of fused-ring (bicyclic) bond motifs is 1. The zero-order valence-corrected chi connectivity index (χ0v) is 12.7. The first-order valence-corrected chi connectivity index (χ1v) is 7.83. The molecule has 2 N–H and O–H groups in total. The number of H-pyrrole nitrogens is 1. The van der Waals surface area contributed by atoms with Gasteiger partial charge in [-0.05, 0) is 43.7 Å². The zero-order chi connectivity index (χ0) is 14.8. The Morgan fingerprint density at radius 1 is 1.43 bits per heavy atom. The molecule has 1 aromatic carbocycles. The van der Waals surface area contributed by atoms with Gasteiger partial charge in [-0.1, -0.05) is 25.1 Å². The maximum atomic E-state index is 12.7. The van der Waals surface area contributed by atoms with Crippen molar-refractivity contribution < 1.29 is 4.79 Å². The van der Waals surface area contributed by atoms with Crippen molar-refractivity contribution in [2.45, 2.75) is 39.2 Å². The summed E-state index contributed by atoms with van der Waals surface area (Å²) < 4.78 is 0. The van der Waals surface area contributed by atoms with Crippen molar-refractivity contribution in [3.63, 3.8) is 0 Å². The Labute approximate surface area is 126 Å². The fraction of sp³-hybridized carbons (Fsp3) is 0.444. The molecule has 2 aromatic rings. The molecule has 0 aliphatic heterocycles. The third kappa shape index (κ3) is 2.75. The van der Waals surface area contributed by atoms with Gasteiger partial charge in [0.2, 0.25) is 0 Å². The van der Waals surface area contributed by atoms with Crippen LogP contribution in [-0.2, 0) is 11.2 Å². The van der Waals surface area contributed by atoms with Crippen LogP contribution in [0.1, 0.15) is 32.3 Å². The number of carbonyl (C=O) groups is 1. The number of para-hydroxylation sites is 1. The third-order valence-corrected chi connectivity index (χ3v) is 4.80. The predicted molar refractivity (Wildman–Crippen MR) is 85.8 cm³/mol. The molecular weight excluding hydrogens is 260 g/mol. The molecule has 1 aromatic heterocycles. The van der Waals surface area contributed by atoms with E-state index in [1.807, 2.05) is 31.8 Å². The van der Waals surface area contributed by atoms with Gasteiger partial charge in [-0.3, -0.25) is 4.79 Å². The Kier molecular flexibility index (Phi) is 4.11. The average molecular weight is 283 g/mol. The zero-order valence-electron chi connectivity index (χ0n) is 12.7. The number of nitrogens with one attached hydrogen (secondary N) is 2. The molecule has 3 nitrogen and oxygen atoms in total. The van der Waals surface area contributed by atoms with Crippen molar-refractivity contribution in [1.82, 2.24) is 10.3 Å². The SMILES string of the molecule is C[CH]N[C@@H](Cc1c[nH]c2ccccc12)C(=O)C1CC[C@H]1C. The highest BCUT2D eigenvalue weighted by atomic mass is 16.1. The molecule has 1 saturated carbocycles. The lowest BCUT2D eigenvalue weighted by Crippen LogP contribution is -2.45. The number of ketones is 1.